The normalized spacial score (nSPS) is 14.6. The fourth-order valence-corrected chi connectivity index (χ4v) is 4.27. The largest absolute Gasteiger partial charge is 0.493 e. The minimum atomic E-state index is -0.374. The topological polar surface area (TPSA) is 74.3 Å². The Morgan fingerprint density at radius 2 is 1.60 bits per heavy atom. The van der Waals surface area contributed by atoms with Gasteiger partial charge in [-0.3, -0.25) is 4.79 Å². The van der Waals surface area contributed by atoms with Crippen LogP contribution in [0.2, 0.25) is 0 Å². The summed E-state index contributed by atoms with van der Waals surface area (Å²) in [5, 5.41) is 0. The lowest BCUT2D eigenvalue weighted by Crippen LogP contribution is -2.42. The number of fused-ring (bicyclic) bond motifs is 1. The third-order valence-electron chi connectivity index (χ3n) is 6.06. The van der Waals surface area contributed by atoms with Crippen LogP contribution in [0.4, 0.5) is 0 Å². The van der Waals surface area contributed by atoms with Crippen molar-refractivity contribution in [3.05, 3.63) is 89.0 Å². The van der Waals surface area contributed by atoms with Gasteiger partial charge in [-0.1, -0.05) is 18.2 Å². The minimum Gasteiger partial charge on any atom is -0.493 e. The van der Waals surface area contributed by atoms with Gasteiger partial charge < -0.3 is 23.8 Å². The van der Waals surface area contributed by atoms with Crippen LogP contribution in [0.1, 0.15) is 44.8 Å². The summed E-state index contributed by atoms with van der Waals surface area (Å²) in [4.78, 5) is 27.2. The van der Waals surface area contributed by atoms with Crippen LogP contribution in [0.3, 0.4) is 0 Å². The van der Waals surface area contributed by atoms with Crippen LogP contribution in [0.25, 0.3) is 0 Å². The van der Waals surface area contributed by atoms with Crippen LogP contribution in [0, 0.1) is 0 Å². The monoisotopic (exact) mass is 475 g/mol. The molecule has 0 bridgehead atoms. The van der Waals surface area contributed by atoms with E-state index in [1.54, 1.807) is 45.4 Å². The van der Waals surface area contributed by atoms with Gasteiger partial charge in [0.05, 0.1) is 32.4 Å². The predicted molar refractivity (Wildman–Crippen MR) is 131 cm³/mol. The van der Waals surface area contributed by atoms with Crippen molar-refractivity contribution in [2.24, 2.45) is 0 Å². The Balaban J connectivity index is 1.63. The molecule has 182 valence electrons. The SMILES string of the molecule is CCOC(=O)c1ccc(OC[C@@H]2c3cc(OC)c(OC)cc3CCN2C(=O)c2ccccc2)cc1. The van der Waals surface area contributed by atoms with Gasteiger partial charge in [-0.2, -0.15) is 0 Å². The number of hydrogen-bond acceptors (Lipinski definition) is 6. The van der Waals surface area contributed by atoms with E-state index in [2.05, 4.69) is 0 Å². The second-order valence-corrected chi connectivity index (χ2v) is 8.09. The number of ether oxygens (including phenoxy) is 4. The Labute approximate surface area is 205 Å². The van der Waals surface area contributed by atoms with E-state index in [0.717, 1.165) is 11.1 Å². The zero-order chi connectivity index (χ0) is 24.8. The van der Waals surface area contributed by atoms with Crippen molar-refractivity contribution in [1.82, 2.24) is 4.90 Å². The van der Waals surface area contributed by atoms with Crippen molar-refractivity contribution in [2.75, 3.05) is 34.0 Å². The number of amides is 1. The molecule has 7 heteroatoms. The highest BCUT2D eigenvalue weighted by atomic mass is 16.5. The summed E-state index contributed by atoms with van der Waals surface area (Å²) in [6.07, 6.45) is 0.693. The number of carbonyl (C=O) groups is 2. The Hall–Kier alpha value is -4.00. The van der Waals surface area contributed by atoms with Crippen molar-refractivity contribution >= 4 is 11.9 Å². The third kappa shape index (κ3) is 5.24. The van der Waals surface area contributed by atoms with Crippen LogP contribution >= 0.6 is 0 Å². The lowest BCUT2D eigenvalue weighted by molar-refractivity contribution is 0.0524. The maximum absolute atomic E-state index is 13.5. The number of esters is 1. The van der Waals surface area contributed by atoms with Crippen molar-refractivity contribution < 1.29 is 28.5 Å². The summed E-state index contributed by atoms with van der Waals surface area (Å²) in [5.74, 6) is 1.42. The third-order valence-corrected chi connectivity index (χ3v) is 6.06. The number of rotatable bonds is 8. The molecule has 3 aromatic carbocycles. The molecule has 0 radical (unpaired) electrons. The zero-order valence-electron chi connectivity index (χ0n) is 20.2. The van der Waals surface area contributed by atoms with Gasteiger partial charge >= 0.3 is 5.97 Å². The Kier molecular flexibility index (Phi) is 7.55. The lowest BCUT2D eigenvalue weighted by Gasteiger charge is -2.37. The molecule has 0 N–H and O–H groups in total. The standard InChI is InChI=1S/C28H29NO6/c1-4-34-28(31)20-10-12-22(13-11-20)35-18-24-23-17-26(33-3)25(32-2)16-21(23)14-15-29(24)27(30)19-8-6-5-7-9-19/h5-13,16-17,24H,4,14-15,18H2,1-3H3/t24-/m1/s1. The smallest absolute Gasteiger partial charge is 0.338 e. The summed E-state index contributed by atoms with van der Waals surface area (Å²) in [6, 6.07) is 19.6. The van der Waals surface area contributed by atoms with Gasteiger partial charge in [0.1, 0.15) is 12.4 Å². The van der Waals surface area contributed by atoms with E-state index >= 15 is 0 Å². The van der Waals surface area contributed by atoms with E-state index in [9.17, 15) is 9.59 Å². The molecule has 0 spiro atoms. The molecule has 0 aliphatic carbocycles. The fourth-order valence-electron chi connectivity index (χ4n) is 4.27. The van der Waals surface area contributed by atoms with Crippen molar-refractivity contribution in [3.63, 3.8) is 0 Å². The van der Waals surface area contributed by atoms with Crippen molar-refractivity contribution in [2.45, 2.75) is 19.4 Å². The number of methoxy groups -OCH3 is 2. The first-order valence-electron chi connectivity index (χ1n) is 11.6. The highest BCUT2D eigenvalue weighted by Crippen LogP contribution is 2.39. The average Bonchev–Trinajstić information content (AvgIpc) is 2.91. The molecule has 0 unspecified atom stereocenters. The molecule has 4 rings (SSSR count). The highest BCUT2D eigenvalue weighted by molar-refractivity contribution is 5.94. The first kappa shape index (κ1) is 24.1. The number of nitrogens with zero attached hydrogens (tertiary/aromatic N) is 1. The van der Waals surface area contributed by atoms with Gasteiger partial charge in [-0.25, -0.2) is 4.79 Å². The molecule has 7 nitrogen and oxygen atoms in total. The van der Waals surface area contributed by atoms with E-state index in [-0.39, 0.29) is 24.5 Å². The van der Waals surface area contributed by atoms with Gasteiger partial charge in [0.25, 0.3) is 5.91 Å². The molecule has 35 heavy (non-hydrogen) atoms. The van der Waals surface area contributed by atoms with E-state index in [1.165, 1.54) is 0 Å². The maximum atomic E-state index is 13.5. The summed E-state index contributed by atoms with van der Waals surface area (Å²) >= 11 is 0. The first-order valence-corrected chi connectivity index (χ1v) is 11.6. The van der Waals surface area contributed by atoms with Gasteiger partial charge in [0, 0.05) is 12.1 Å². The van der Waals surface area contributed by atoms with Crippen molar-refractivity contribution in [3.8, 4) is 17.2 Å². The highest BCUT2D eigenvalue weighted by Gasteiger charge is 2.33. The quantitative estimate of drug-likeness (QED) is 0.440. The molecule has 0 fully saturated rings. The summed E-state index contributed by atoms with van der Waals surface area (Å²) < 4.78 is 22.2. The predicted octanol–water partition coefficient (Wildman–Crippen LogP) is 4.70. The zero-order valence-corrected chi connectivity index (χ0v) is 20.2. The minimum absolute atomic E-state index is 0.0581. The van der Waals surface area contributed by atoms with E-state index in [1.807, 2.05) is 47.4 Å². The fraction of sp³-hybridized carbons (Fsp3) is 0.286. The molecule has 1 amide bonds. The molecule has 1 aliphatic rings. The molecular weight excluding hydrogens is 446 g/mol. The van der Waals surface area contributed by atoms with Gasteiger partial charge in [-0.15, -0.1) is 0 Å². The van der Waals surface area contributed by atoms with Crippen LogP contribution in [-0.4, -0.2) is 50.8 Å². The lowest BCUT2D eigenvalue weighted by atomic mass is 9.91. The van der Waals surface area contributed by atoms with Crippen LogP contribution in [-0.2, 0) is 11.2 Å². The Morgan fingerprint density at radius 3 is 2.26 bits per heavy atom. The second-order valence-electron chi connectivity index (χ2n) is 8.09. The Morgan fingerprint density at radius 1 is 0.914 bits per heavy atom. The number of carbonyl (C=O) groups excluding carboxylic acids is 2. The van der Waals surface area contributed by atoms with E-state index in [0.29, 0.717) is 47.9 Å². The second kappa shape index (κ2) is 11.0. The molecule has 3 aromatic rings. The van der Waals surface area contributed by atoms with Gasteiger partial charge in [0.2, 0.25) is 0 Å². The number of benzene rings is 3. The van der Waals surface area contributed by atoms with Crippen LogP contribution < -0.4 is 14.2 Å². The molecule has 0 aromatic heterocycles. The van der Waals surface area contributed by atoms with Crippen molar-refractivity contribution in [1.29, 1.82) is 0 Å². The van der Waals surface area contributed by atoms with Gasteiger partial charge in [-0.05, 0) is 73.0 Å². The Bertz CT molecular complexity index is 1180. The average molecular weight is 476 g/mol. The van der Waals surface area contributed by atoms with Crippen LogP contribution in [0.15, 0.2) is 66.7 Å². The molecule has 1 heterocycles. The van der Waals surface area contributed by atoms with E-state index < -0.39 is 0 Å². The summed E-state index contributed by atoms with van der Waals surface area (Å²) in [6.45, 7) is 2.87. The molecule has 0 saturated carbocycles. The molecule has 0 saturated heterocycles. The molecular formula is C28H29NO6. The van der Waals surface area contributed by atoms with Crippen LogP contribution in [0.5, 0.6) is 17.2 Å². The molecule has 1 atom stereocenters. The summed E-state index contributed by atoms with van der Waals surface area (Å²) in [5.41, 5.74) is 3.13. The summed E-state index contributed by atoms with van der Waals surface area (Å²) in [7, 11) is 3.20. The maximum Gasteiger partial charge on any atom is 0.338 e. The molecule has 1 aliphatic heterocycles. The van der Waals surface area contributed by atoms with E-state index in [4.69, 9.17) is 18.9 Å². The van der Waals surface area contributed by atoms with Gasteiger partial charge in [0.15, 0.2) is 11.5 Å². The first-order chi connectivity index (χ1) is 17.0. The number of hydrogen-bond donors (Lipinski definition) is 0.